The normalized spacial score (nSPS) is 25.4. The predicted molar refractivity (Wildman–Crippen MR) is 132 cm³/mol. The van der Waals surface area contributed by atoms with Crippen LogP contribution in [0.5, 0.6) is 0 Å². The van der Waals surface area contributed by atoms with Crippen LogP contribution in [0.4, 0.5) is 5.69 Å². The van der Waals surface area contributed by atoms with Crippen molar-refractivity contribution in [2.24, 2.45) is 21.7 Å². The molecule has 178 valence electrons. The molecule has 3 fully saturated rings. The number of ketones is 4. The Morgan fingerprint density at radius 2 is 1.06 bits per heavy atom. The van der Waals surface area contributed by atoms with Crippen molar-refractivity contribution in [2.75, 3.05) is 18.0 Å². The minimum Gasteiger partial charge on any atom is -0.368 e. The Balaban J connectivity index is 1.68. The summed E-state index contributed by atoms with van der Waals surface area (Å²) in [4.78, 5) is 56.9. The van der Waals surface area contributed by atoms with Gasteiger partial charge in [-0.1, -0.05) is 64.1 Å². The average molecular weight is 460 g/mol. The molecule has 2 spiro atoms. The standard InChI is InChI=1S/C29H33NO4/c1-26(2)12-22(31)28(23(32)13-26)16-29(24(33)14-27(3,4)15-25(29)34)18-30(17-28)21-11-7-9-19-8-5-6-10-20(19)21/h5-11H,12-18H2,1-4H3. The number of carbonyl (C=O) groups is 4. The Labute approximate surface area is 200 Å². The van der Waals surface area contributed by atoms with E-state index in [-0.39, 0.29) is 68.3 Å². The van der Waals surface area contributed by atoms with E-state index < -0.39 is 21.7 Å². The molecule has 2 saturated carbocycles. The zero-order valence-electron chi connectivity index (χ0n) is 20.6. The first kappa shape index (κ1) is 22.9. The van der Waals surface area contributed by atoms with Crippen molar-refractivity contribution in [3.8, 4) is 0 Å². The molecule has 0 radical (unpaired) electrons. The highest BCUT2D eigenvalue weighted by Crippen LogP contribution is 2.54. The summed E-state index contributed by atoms with van der Waals surface area (Å²) in [6.45, 7) is 8.21. The third-order valence-corrected chi connectivity index (χ3v) is 8.32. The summed E-state index contributed by atoms with van der Waals surface area (Å²) in [6, 6.07) is 13.9. The van der Waals surface area contributed by atoms with E-state index in [2.05, 4.69) is 0 Å². The van der Waals surface area contributed by atoms with E-state index in [9.17, 15) is 19.2 Å². The highest BCUT2D eigenvalue weighted by atomic mass is 16.2. The zero-order chi connectivity index (χ0) is 24.5. The molecule has 0 N–H and O–H groups in total. The van der Waals surface area contributed by atoms with E-state index in [1.165, 1.54) is 0 Å². The van der Waals surface area contributed by atoms with Gasteiger partial charge >= 0.3 is 0 Å². The van der Waals surface area contributed by atoms with Crippen molar-refractivity contribution in [2.45, 2.75) is 59.8 Å². The Bertz CT molecular complexity index is 1140. The minimum atomic E-state index is -1.32. The summed E-state index contributed by atoms with van der Waals surface area (Å²) in [5.74, 6) is -0.487. The zero-order valence-corrected chi connectivity index (χ0v) is 20.6. The third-order valence-electron chi connectivity index (χ3n) is 8.32. The molecule has 0 amide bonds. The number of benzene rings is 2. The largest absolute Gasteiger partial charge is 0.368 e. The maximum absolute atomic E-state index is 13.7. The number of hydrogen-bond donors (Lipinski definition) is 0. The van der Waals surface area contributed by atoms with Crippen LogP contribution in [0, 0.1) is 21.7 Å². The van der Waals surface area contributed by atoms with Gasteiger partial charge in [0, 0.05) is 49.8 Å². The lowest BCUT2D eigenvalue weighted by molar-refractivity contribution is -0.159. The first-order valence-electron chi connectivity index (χ1n) is 12.2. The van der Waals surface area contributed by atoms with Crippen LogP contribution in [0.25, 0.3) is 10.8 Å². The van der Waals surface area contributed by atoms with Gasteiger partial charge in [0.05, 0.1) is 0 Å². The lowest BCUT2D eigenvalue weighted by Crippen LogP contribution is -2.67. The van der Waals surface area contributed by atoms with Gasteiger partial charge in [-0.15, -0.1) is 0 Å². The first-order chi connectivity index (χ1) is 15.9. The van der Waals surface area contributed by atoms with Gasteiger partial charge in [-0.25, -0.2) is 0 Å². The summed E-state index contributed by atoms with van der Waals surface area (Å²) in [5, 5.41) is 2.03. The molecular formula is C29H33NO4. The van der Waals surface area contributed by atoms with Crippen molar-refractivity contribution < 1.29 is 19.2 Å². The maximum Gasteiger partial charge on any atom is 0.148 e. The molecule has 3 aliphatic rings. The molecule has 2 aromatic carbocycles. The fourth-order valence-electron chi connectivity index (χ4n) is 6.59. The third kappa shape index (κ3) is 3.43. The Kier molecular flexibility index (Phi) is 4.95. The van der Waals surface area contributed by atoms with Crippen molar-refractivity contribution in [1.29, 1.82) is 0 Å². The predicted octanol–water partition coefficient (Wildman–Crippen LogP) is 4.94. The quantitative estimate of drug-likeness (QED) is 0.565. The molecular weight excluding hydrogens is 426 g/mol. The number of rotatable bonds is 1. The average Bonchev–Trinajstić information content (AvgIpc) is 2.75. The summed E-state index contributed by atoms with van der Waals surface area (Å²) in [6.07, 6.45) is 1.17. The summed E-state index contributed by atoms with van der Waals surface area (Å²) < 4.78 is 0. The second-order valence-electron chi connectivity index (χ2n) is 12.4. The maximum atomic E-state index is 13.7. The van der Waals surface area contributed by atoms with Crippen LogP contribution in [-0.4, -0.2) is 36.2 Å². The van der Waals surface area contributed by atoms with Crippen molar-refractivity contribution in [3.63, 3.8) is 0 Å². The topological polar surface area (TPSA) is 71.5 Å². The number of fused-ring (bicyclic) bond motifs is 1. The molecule has 0 atom stereocenters. The second kappa shape index (κ2) is 7.34. The monoisotopic (exact) mass is 459 g/mol. The fraction of sp³-hybridized carbons (Fsp3) is 0.517. The second-order valence-corrected chi connectivity index (χ2v) is 12.4. The summed E-state index contributed by atoms with van der Waals surface area (Å²) in [7, 11) is 0. The van der Waals surface area contributed by atoms with Crippen molar-refractivity contribution in [3.05, 3.63) is 42.5 Å². The van der Waals surface area contributed by atoms with E-state index in [0.29, 0.717) is 0 Å². The van der Waals surface area contributed by atoms with E-state index >= 15 is 0 Å². The van der Waals surface area contributed by atoms with Gasteiger partial charge in [-0.2, -0.15) is 0 Å². The van der Waals surface area contributed by atoms with Gasteiger partial charge in [0.15, 0.2) is 0 Å². The fourth-order valence-corrected chi connectivity index (χ4v) is 6.59. The molecule has 0 aromatic heterocycles. The van der Waals surface area contributed by atoms with Gasteiger partial charge < -0.3 is 4.90 Å². The molecule has 0 unspecified atom stereocenters. The van der Waals surface area contributed by atoms with E-state index in [1.807, 2.05) is 75.1 Å². The number of piperidine rings is 1. The highest BCUT2D eigenvalue weighted by Gasteiger charge is 2.64. The molecule has 34 heavy (non-hydrogen) atoms. The Morgan fingerprint density at radius 1 is 0.618 bits per heavy atom. The van der Waals surface area contributed by atoms with E-state index in [0.717, 1.165) is 16.5 Å². The van der Waals surface area contributed by atoms with E-state index in [4.69, 9.17) is 0 Å². The molecule has 5 rings (SSSR count). The number of anilines is 1. The molecule has 2 aromatic rings. The summed E-state index contributed by atoms with van der Waals surface area (Å²) >= 11 is 0. The summed E-state index contributed by atoms with van der Waals surface area (Å²) in [5.41, 5.74) is -2.59. The van der Waals surface area contributed by atoms with Crippen molar-refractivity contribution >= 4 is 39.6 Å². The molecule has 2 aliphatic carbocycles. The van der Waals surface area contributed by atoms with Gasteiger partial charge in [-0.3, -0.25) is 19.2 Å². The van der Waals surface area contributed by atoms with Crippen LogP contribution in [0.3, 0.4) is 0 Å². The molecule has 1 aliphatic heterocycles. The lowest BCUT2D eigenvalue weighted by Gasteiger charge is -2.54. The van der Waals surface area contributed by atoms with Gasteiger partial charge in [-0.05, 0) is 28.7 Å². The smallest absolute Gasteiger partial charge is 0.148 e. The lowest BCUT2D eigenvalue weighted by atomic mass is 9.51. The molecule has 5 heteroatoms. The molecule has 1 heterocycles. The highest BCUT2D eigenvalue weighted by molar-refractivity contribution is 6.16. The Morgan fingerprint density at radius 3 is 1.56 bits per heavy atom. The van der Waals surface area contributed by atoms with Crippen LogP contribution in [0.15, 0.2) is 42.5 Å². The number of Topliss-reactive ketones (excluding diaryl/α,β-unsaturated/α-hetero) is 4. The Hall–Kier alpha value is -2.82. The molecule has 5 nitrogen and oxygen atoms in total. The van der Waals surface area contributed by atoms with Crippen LogP contribution >= 0.6 is 0 Å². The van der Waals surface area contributed by atoms with Gasteiger partial charge in [0.2, 0.25) is 0 Å². The SMILES string of the molecule is CC1(C)CC(=O)C2(CN(c3cccc4ccccc34)CC3(C2)C(=O)CC(C)(C)CC3=O)C(=O)C1. The minimum absolute atomic E-state index is 0.0305. The van der Waals surface area contributed by atoms with E-state index in [1.54, 1.807) is 0 Å². The van der Waals surface area contributed by atoms with Crippen molar-refractivity contribution in [1.82, 2.24) is 0 Å². The van der Waals surface area contributed by atoms with Gasteiger partial charge in [0.1, 0.15) is 34.0 Å². The molecule has 0 bridgehead atoms. The first-order valence-corrected chi connectivity index (χ1v) is 12.2. The van der Waals surface area contributed by atoms with Crippen LogP contribution < -0.4 is 4.90 Å². The van der Waals surface area contributed by atoms with Crippen LogP contribution in [-0.2, 0) is 19.2 Å². The van der Waals surface area contributed by atoms with Crippen LogP contribution in [0.2, 0.25) is 0 Å². The number of nitrogens with zero attached hydrogens (tertiary/aromatic N) is 1. The van der Waals surface area contributed by atoms with Crippen LogP contribution in [0.1, 0.15) is 59.8 Å². The number of carbonyl (C=O) groups excluding carboxylic acids is 4. The molecule has 1 saturated heterocycles. The van der Waals surface area contributed by atoms with Gasteiger partial charge in [0.25, 0.3) is 0 Å². The number of hydrogen-bond acceptors (Lipinski definition) is 5.